The molecule has 1 aliphatic rings. The van der Waals surface area contributed by atoms with Crippen LogP contribution in [0.4, 0.5) is 0 Å². The van der Waals surface area contributed by atoms with Crippen LogP contribution in [-0.4, -0.2) is 42.8 Å². The molecule has 1 N–H and O–H groups in total. The Kier molecular flexibility index (Phi) is 6.73. The molecule has 2 heterocycles. The number of rotatable bonds is 2. The van der Waals surface area contributed by atoms with Gasteiger partial charge in [-0.2, -0.15) is 5.06 Å². The molecule has 0 atom stereocenters. The number of hydrogen-bond acceptors (Lipinski definition) is 4. The Morgan fingerprint density at radius 2 is 1.87 bits per heavy atom. The predicted octanol–water partition coefficient (Wildman–Crippen LogP) is 0.925. The van der Waals surface area contributed by atoms with Crippen LogP contribution < -0.4 is 5.32 Å². The largest absolute Gasteiger partial charge is 0.314 e. The first-order valence-electron chi connectivity index (χ1n) is 5.37. The average Bonchev–Trinajstić information content (AvgIpc) is 2.34. The summed E-state index contributed by atoms with van der Waals surface area (Å²) in [6.07, 6.45) is 3.50. The van der Waals surface area contributed by atoms with Gasteiger partial charge in [-0.25, -0.2) is 0 Å². The van der Waals surface area contributed by atoms with Crippen LogP contribution in [0.2, 0.25) is 0 Å². The van der Waals surface area contributed by atoms with Crippen molar-refractivity contribution in [1.29, 1.82) is 0 Å². The van der Waals surface area contributed by atoms with Crippen molar-refractivity contribution in [3.05, 3.63) is 30.6 Å². The van der Waals surface area contributed by atoms with E-state index in [1.165, 1.54) is 0 Å². The van der Waals surface area contributed by atoms with Gasteiger partial charge in [-0.3, -0.25) is 9.82 Å². The monoisotopic (exact) mass is 209 g/mol. The van der Waals surface area contributed by atoms with Crippen molar-refractivity contribution in [2.75, 3.05) is 32.8 Å². The highest BCUT2D eigenvalue weighted by atomic mass is 16.7. The minimum Gasteiger partial charge on any atom is -0.314 e. The first-order valence-corrected chi connectivity index (χ1v) is 5.37. The van der Waals surface area contributed by atoms with E-state index in [9.17, 15) is 0 Å². The van der Waals surface area contributed by atoms with Gasteiger partial charge in [-0.15, -0.1) is 0 Å². The topological polar surface area (TPSA) is 37.4 Å². The Morgan fingerprint density at radius 1 is 1.20 bits per heavy atom. The number of nitrogens with zero attached hydrogens (tertiary/aromatic N) is 2. The molecule has 4 nitrogen and oxygen atoms in total. The van der Waals surface area contributed by atoms with Crippen LogP contribution in [0.3, 0.4) is 0 Å². The lowest BCUT2D eigenvalue weighted by molar-refractivity contribution is -0.159. The van der Waals surface area contributed by atoms with Crippen molar-refractivity contribution in [1.82, 2.24) is 15.4 Å². The summed E-state index contributed by atoms with van der Waals surface area (Å²) in [5, 5.41) is 5.26. The van der Waals surface area contributed by atoms with Crippen molar-refractivity contribution in [3.8, 4) is 0 Å². The molecule has 2 rings (SSSR count). The van der Waals surface area contributed by atoms with E-state index in [0.717, 1.165) is 32.8 Å². The Morgan fingerprint density at radius 3 is 2.27 bits per heavy atom. The second kappa shape index (κ2) is 8.35. The van der Waals surface area contributed by atoms with E-state index in [4.69, 9.17) is 4.84 Å². The summed E-state index contributed by atoms with van der Waals surface area (Å²) in [5.74, 6) is 0. The molecule has 0 spiro atoms. The van der Waals surface area contributed by atoms with Gasteiger partial charge in [0.15, 0.2) is 0 Å². The van der Waals surface area contributed by atoms with E-state index in [0.29, 0.717) is 0 Å². The molecule has 1 aromatic heterocycles. The zero-order valence-corrected chi connectivity index (χ0v) is 9.22. The van der Waals surface area contributed by atoms with E-state index in [1.54, 1.807) is 12.4 Å². The summed E-state index contributed by atoms with van der Waals surface area (Å²) in [4.78, 5) is 9.06. The number of pyridine rings is 1. The van der Waals surface area contributed by atoms with Crippen molar-refractivity contribution < 1.29 is 4.84 Å². The van der Waals surface area contributed by atoms with Gasteiger partial charge in [-0.05, 0) is 19.1 Å². The van der Waals surface area contributed by atoms with Crippen LogP contribution in [0.5, 0.6) is 0 Å². The van der Waals surface area contributed by atoms with Crippen molar-refractivity contribution >= 4 is 0 Å². The van der Waals surface area contributed by atoms with Crippen LogP contribution in [0.15, 0.2) is 30.6 Å². The first kappa shape index (κ1) is 12.1. The van der Waals surface area contributed by atoms with E-state index >= 15 is 0 Å². The number of nitrogens with one attached hydrogen (secondary N) is 1. The fourth-order valence-electron chi connectivity index (χ4n) is 1.27. The number of hydrogen-bond donors (Lipinski definition) is 1. The molecule has 0 unspecified atom stereocenters. The first-order chi connectivity index (χ1) is 7.43. The summed E-state index contributed by atoms with van der Waals surface area (Å²) in [7, 11) is 0. The zero-order chi connectivity index (χ0) is 10.8. The van der Waals surface area contributed by atoms with Crippen LogP contribution in [0.25, 0.3) is 0 Å². The second-order valence-electron chi connectivity index (χ2n) is 3.12. The van der Waals surface area contributed by atoms with Gasteiger partial charge in [0.1, 0.15) is 0 Å². The highest BCUT2D eigenvalue weighted by Crippen LogP contribution is 1.91. The lowest BCUT2D eigenvalue weighted by atomic mass is 10.4. The molecule has 0 aromatic carbocycles. The van der Waals surface area contributed by atoms with E-state index in [2.05, 4.69) is 10.3 Å². The minimum atomic E-state index is 0.792. The molecule has 0 radical (unpaired) electrons. The molecule has 1 fully saturated rings. The molecular formula is C11H19N3O. The molecule has 15 heavy (non-hydrogen) atoms. The lowest BCUT2D eigenvalue weighted by Gasteiger charge is -2.25. The average molecular weight is 209 g/mol. The number of hydroxylamine groups is 2. The van der Waals surface area contributed by atoms with Gasteiger partial charge in [0.25, 0.3) is 0 Å². The van der Waals surface area contributed by atoms with Gasteiger partial charge >= 0.3 is 0 Å². The van der Waals surface area contributed by atoms with Crippen molar-refractivity contribution in [2.24, 2.45) is 0 Å². The highest BCUT2D eigenvalue weighted by molar-refractivity contribution is 4.88. The smallest absolute Gasteiger partial charge is 0.0656 e. The fourth-order valence-corrected chi connectivity index (χ4v) is 1.27. The van der Waals surface area contributed by atoms with Crippen LogP contribution in [0, 0.1) is 0 Å². The highest BCUT2D eigenvalue weighted by Gasteiger charge is 2.07. The lowest BCUT2D eigenvalue weighted by Crippen LogP contribution is -2.43. The standard InChI is InChI=1S/C6H14N2O.C5H5N/c1-2-9-8-5-3-7-4-6-8;1-2-4-6-5-3-1/h7H,2-6H2,1H3;1-5H. The molecule has 1 aliphatic heterocycles. The summed E-state index contributed by atoms with van der Waals surface area (Å²) in [6, 6.07) is 5.72. The Labute approximate surface area is 91.2 Å². The summed E-state index contributed by atoms with van der Waals surface area (Å²) in [6.45, 7) is 6.96. The fraction of sp³-hybridized carbons (Fsp3) is 0.545. The van der Waals surface area contributed by atoms with Gasteiger partial charge in [0.05, 0.1) is 6.61 Å². The molecule has 0 aliphatic carbocycles. The van der Waals surface area contributed by atoms with Gasteiger partial charge in [0, 0.05) is 38.6 Å². The van der Waals surface area contributed by atoms with Crippen LogP contribution in [0.1, 0.15) is 6.92 Å². The third-order valence-corrected chi connectivity index (χ3v) is 1.95. The molecule has 0 saturated carbocycles. The Hall–Kier alpha value is -0.970. The molecule has 0 amide bonds. The molecule has 1 aromatic rings. The van der Waals surface area contributed by atoms with Gasteiger partial charge < -0.3 is 5.32 Å². The Bertz CT molecular complexity index is 195. The maximum absolute atomic E-state index is 5.28. The molecule has 0 bridgehead atoms. The van der Waals surface area contributed by atoms with E-state index in [1.807, 2.05) is 30.2 Å². The summed E-state index contributed by atoms with van der Waals surface area (Å²) in [5.41, 5.74) is 0. The maximum Gasteiger partial charge on any atom is 0.0656 e. The second-order valence-corrected chi connectivity index (χ2v) is 3.12. The quantitative estimate of drug-likeness (QED) is 0.786. The zero-order valence-electron chi connectivity index (χ0n) is 9.22. The van der Waals surface area contributed by atoms with Crippen LogP contribution in [-0.2, 0) is 4.84 Å². The molecular weight excluding hydrogens is 190 g/mol. The third-order valence-electron chi connectivity index (χ3n) is 1.95. The SMILES string of the molecule is CCON1CCNCC1.c1ccncc1. The molecule has 84 valence electrons. The normalized spacial score (nSPS) is 16.6. The van der Waals surface area contributed by atoms with Crippen molar-refractivity contribution in [2.45, 2.75) is 6.92 Å². The Balaban J connectivity index is 0.000000162. The van der Waals surface area contributed by atoms with E-state index < -0.39 is 0 Å². The molecule has 4 heteroatoms. The summed E-state index contributed by atoms with van der Waals surface area (Å²) >= 11 is 0. The van der Waals surface area contributed by atoms with Crippen molar-refractivity contribution in [3.63, 3.8) is 0 Å². The van der Waals surface area contributed by atoms with E-state index in [-0.39, 0.29) is 0 Å². The minimum absolute atomic E-state index is 0.792. The van der Waals surface area contributed by atoms with Gasteiger partial charge in [-0.1, -0.05) is 6.07 Å². The summed E-state index contributed by atoms with van der Waals surface area (Å²) < 4.78 is 0. The predicted molar refractivity (Wildman–Crippen MR) is 60.3 cm³/mol. The third kappa shape index (κ3) is 6.17. The molecule has 1 saturated heterocycles. The number of piperazine rings is 1. The maximum atomic E-state index is 5.28. The number of aromatic nitrogens is 1. The van der Waals surface area contributed by atoms with Crippen LogP contribution >= 0.6 is 0 Å². The van der Waals surface area contributed by atoms with Gasteiger partial charge in [0.2, 0.25) is 0 Å².